The molecule has 2 aromatic carbocycles. The van der Waals surface area contributed by atoms with Gasteiger partial charge in [0, 0.05) is 29.9 Å². The minimum Gasteiger partial charge on any atom is -0.308 e. The third-order valence-corrected chi connectivity index (χ3v) is 6.79. The first-order chi connectivity index (χ1) is 13.6. The lowest BCUT2D eigenvalue weighted by molar-refractivity contribution is 0.0985. The summed E-state index contributed by atoms with van der Waals surface area (Å²) in [5.41, 5.74) is 2.18. The number of rotatable bonds is 6. The Balaban J connectivity index is 0.00000320. The van der Waals surface area contributed by atoms with Crippen molar-refractivity contribution < 1.29 is 13.2 Å². The lowest BCUT2D eigenvalue weighted by atomic mass is 10.2. The summed E-state index contributed by atoms with van der Waals surface area (Å²) in [6.45, 7) is 3.04. The Labute approximate surface area is 191 Å². The number of likely N-dealkylation sites (N-methyl/N-ethyl adjacent to an activating group) is 1. The molecule has 3 rings (SSSR count). The Morgan fingerprint density at radius 2 is 1.77 bits per heavy atom. The number of nitrogens with zero attached hydrogens (tertiary/aromatic N) is 3. The van der Waals surface area contributed by atoms with Crippen molar-refractivity contribution in [2.75, 3.05) is 38.3 Å². The maximum atomic E-state index is 13.2. The Hall–Kier alpha value is -1.71. The molecule has 0 aliphatic rings. The maximum Gasteiger partial charge on any atom is 0.260 e. The molecule has 6 nitrogen and oxygen atoms in total. The predicted octanol–water partition coefficient (Wildman–Crippen LogP) is 4.29. The van der Waals surface area contributed by atoms with E-state index in [2.05, 4.69) is 4.98 Å². The number of sulfone groups is 1. The molecule has 0 atom stereocenters. The number of carbonyl (C=O) groups excluding carboxylic acids is 1. The first-order valence-corrected chi connectivity index (χ1v) is 12.0. The van der Waals surface area contributed by atoms with Gasteiger partial charge in [-0.1, -0.05) is 22.9 Å². The summed E-state index contributed by atoms with van der Waals surface area (Å²) in [5, 5.41) is 1.22. The van der Waals surface area contributed by atoms with E-state index in [1.807, 2.05) is 38.1 Å². The molecule has 30 heavy (non-hydrogen) atoms. The van der Waals surface area contributed by atoms with Gasteiger partial charge in [-0.25, -0.2) is 13.4 Å². The largest absolute Gasteiger partial charge is 0.308 e. The van der Waals surface area contributed by atoms with Gasteiger partial charge in [0.15, 0.2) is 15.0 Å². The van der Waals surface area contributed by atoms with Crippen LogP contribution in [-0.4, -0.2) is 57.6 Å². The van der Waals surface area contributed by atoms with Crippen molar-refractivity contribution in [1.29, 1.82) is 0 Å². The fourth-order valence-electron chi connectivity index (χ4n) is 2.84. The second kappa shape index (κ2) is 9.62. The van der Waals surface area contributed by atoms with Crippen LogP contribution in [0.1, 0.15) is 15.9 Å². The van der Waals surface area contributed by atoms with Gasteiger partial charge in [-0.3, -0.25) is 9.69 Å². The fraction of sp³-hybridized carbons (Fsp3) is 0.300. The van der Waals surface area contributed by atoms with Crippen LogP contribution in [0.4, 0.5) is 5.13 Å². The maximum absolute atomic E-state index is 13.2. The third kappa shape index (κ3) is 5.50. The van der Waals surface area contributed by atoms with Crippen molar-refractivity contribution in [2.45, 2.75) is 11.8 Å². The molecule has 0 fully saturated rings. The number of hydrogen-bond acceptors (Lipinski definition) is 6. The normalized spacial score (nSPS) is 11.5. The summed E-state index contributed by atoms with van der Waals surface area (Å²) in [4.78, 5) is 21.7. The van der Waals surface area contributed by atoms with Gasteiger partial charge < -0.3 is 4.90 Å². The lowest BCUT2D eigenvalue weighted by Gasteiger charge is -2.22. The van der Waals surface area contributed by atoms with Crippen LogP contribution in [0.15, 0.2) is 41.3 Å². The summed E-state index contributed by atoms with van der Waals surface area (Å²) in [7, 11) is 0.553. The predicted molar refractivity (Wildman–Crippen MR) is 126 cm³/mol. The van der Waals surface area contributed by atoms with Crippen LogP contribution in [0.3, 0.4) is 0 Å². The van der Waals surface area contributed by atoms with E-state index in [-0.39, 0.29) is 23.2 Å². The molecular formula is C20H23Cl2N3O3S2. The van der Waals surface area contributed by atoms with Crippen LogP contribution in [0.5, 0.6) is 0 Å². The molecule has 0 saturated carbocycles. The number of hydrogen-bond donors (Lipinski definition) is 0. The van der Waals surface area contributed by atoms with Crippen molar-refractivity contribution in [3.05, 3.63) is 52.5 Å². The van der Waals surface area contributed by atoms with Gasteiger partial charge in [-0.05, 0) is 63.0 Å². The summed E-state index contributed by atoms with van der Waals surface area (Å²) in [6.07, 6.45) is 1.14. The number of aryl methyl sites for hydroxylation is 1. The van der Waals surface area contributed by atoms with Crippen LogP contribution < -0.4 is 4.90 Å². The molecule has 1 amide bonds. The smallest absolute Gasteiger partial charge is 0.260 e. The van der Waals surface area contributed by atoms with Gasteiger partial charge in [0.05, 0.1) is 15.1 Å². The number of benzene rings is 2. The Morgan fingerprint density at radius 3 is 2.33 bits per heavy atom. The van der Waals surface area contributed by atoms with E-state index in [4.69, 9.17) is 11.6 Å². The van der Waals surface area contributed by atoms with Crippen LogP contribution in [0, 0.1) is 6.92 Å². The van der Waals surface area contributed by atoms with E-state index in [1.54, 1.807) is 4.90 Å². The molecule has 3 aromatic rings. The van der Waals surface area contributed by atoms with E-state index in [9.17, 15) is 13.2 Å². The molecule has 0 unspecified atom stereocenters. The number of fused-ring (bicyclic) bond motifs is 1. The SMILES string of the molecule is Cc1cc(Cl)cc2sc(N(CCN(C)C)C(=O)c3ccc(S(C)(=O)=O)cc3)nc12.Cl. The Morgan fingerprint density at radius 1 is 1.13 bits per heavy atom. The molecule has 10 heteroatoms. The van der Waals surface area contributed by atoms with Gasteiger partial charge in [-0.15, -0.1) is 12.4 Å². The molecule has 0 aliphatic carbocycles. The first-order valence-electron chi connectivity index (χ1n) is 8.89. The average molecular weight is 488 g/mol. The van der Waals surface area contributed by atoms with Crippen LogP contribution in [0.25, 0.3) is 10.2 Å². The van der Waals surface area contributed by atoms with Crippen molar-refractivity contribution in [1.82, 2.24) is 9.88 Å². The summed E-state index contributed by atoms with van der Waals surface area (Å²) < 4.78 is 24.3. The zero-order valence-corrected chi connectivity index (χ0v) is 20.3. The molecule has 0 bridgehead atoms. The highest BCUT2D eigenvalue weighted by atomic mass is 35.5. The standard InChI is InChI=1S/C20H22ClN3O3S2.ClH/c1-13-11-15(21)12-17-18(13)22-20(28-17)24(10-9-23(2)3)19(25)14-5-7-16(8-6-14)29(4,26)27;/h5-8,11-12H,9-10H2,1-4H3;1H. The first kappa shape index (κ1) is 24.6. The van der Waals surface area contributed by atoms with Crippen molar-refractivity contribution >= 4 is 66.4 Å². The van der Waals surface area contributed by atoms with E-state index in [1.165, 1.54) is 35.6 Å². The van der Waals surface area contributed by atoms with E-state index in [0.29, 0.717) is 28.8 Å². The highest BCUT2D eigenvalue weighted by Gasteiger charge is 2.22. The van der Waals surface area contributed by atoms with Gasteiger partial charge in [0.2, 0.25) is 0 Å². The molecule has 1 heterocycles. The van der Waals surface area contributed by atoms with Crippen LogP contribution in [-0.2, 0) is 9.84 Å². The number of amides is 1. The van der Waals surface area contributed by atoms with Gasteiger partial charge >= 0.3 is 0 Å². The van der Waals surface area contributed by atoms with Crippen molar-refractivity contribution in [3.63, 3.8) is 0 Å². The lowest BCUT2D eigenvalue weighted by Crippen LogP contribution is -2.36. The van der Waals surface area contributed by atoms with Crippen LogP contribution >= 0.6 is 35.3 Å². The number of carbonyl (C=O) groups is 1. The average Bonchev–Trinajstić information content (AvgIpc) is 3.05. The highest BCUT2D eigenvalue weighted by molar-refractivity contribution is 7.90. The summed E-state index contributed by atoms with van der Waals surface area (Å²) in [6, 6.07) is 9.68. The number of anilines is 1. The minimum atomic E-state index is -3.32. The number of aromatic nitrogens is 1. The number of thiazole rings is 1. The quantitative estimate of drug-likeness (QED) is 0.518. The minimum absolute atomic E-state index is 0. The topological polar surface area (TPSA) is 70.6 Å². The van der Waals surface area contributed by atoms with Gasteiger partial charge in [0.1, 0.15) is 0 Å². The zero-order valence-electron chi connectivity index (χ0n) is 17.0. The molecule has 0 spiro atoms. The number of halogens is 2. The Bertz CT molecular complexity index is 1160. The van der Waals surface area contributed by atoms with E-state index in [0.717, 1.165) is 22.0 Å². The second-order valence-corrected chi connectivity index (χ2v) is 10.6. The molecule has 0 aliphatic heterocycles. The molecule has 1 aromatic heterocycles. The van der Waals surface area contributed by atoms with Gasteiger partial charge in [-0.2, -0.15) is 0 Å². The van der Waals surface area contributed by atoms with Crippen LogP contribution in [0.2, 0.25) is 5.02 Å². The van der Waals surface area contributed by atoms with Gasteiger partial charge in [0.25, 0.3) is 5.91 Å². The van der Waals surface area contributed by atoms with E-state index < -0.39 is 9.84 Å². The monoisotopic (exact) mass is 487 g/mol. The van der Waals surface area contributed by atoms with E-state index >= 15 is 0 Å². The second-order valence-electron chi connectivity index (χ2n) is 7.12. The highest BCUT2D eigenvalue weighted by Crippen LogP contribution is 2.33. The molecule has 0 N–H and O–H groups in total. The Kier molecular flexibility index (Phi) is 7.87. The molecule has 0 radical (unpaired) electrons. The molecule has 0 saturated heterocycles. The third-order valence-electron chi connectivity index (χ3n) is 4.42. The summed E-state index contributed by atoms with van der Waals surface area (Å²) >= 11 is 7.58. The van der Waals surface area contributed by atoms with Crippen molar-refractivity contribution in [2.24, 2.45) is 0 Å². The molecular weight excluding hydrogens is 465 g/mol. The molecule has 162 valence electrons. The zero-order chi connectivity index (χ0) is 21.3. The van der Waals surface area contributed by atoms with Crippen molar-refractivity contribution in [3.8, 4) is 0 Å². The fourth-order valence-corrected chi connectivity index (χ4v) is 4.92. The summed E-state index contributed by atoms with van der Waals surface area (Å²) in [5.74, 6) is -0.227.